The normalized spacial score (nSPS) is 12.5. The maximum absolute atomic E-state index is 11.8. The summed E-state index contributed by atoms with van der Waals surface area (Å²) in [7, 11) is 0. The molecule has 0 spiro atoms. The minimum Gasteiger partial charge on any atom is -0.327 e. The van der Waals surface area contributed by atoms with E-state index >= 15 is 0 Å². The Morgan fingerprint density at radius 2 is 2.11 bits per heavy atom. The number of anilines is 1. The Hall–Kier alpha value is -1.62. The lowest BCUT2D eigenvalue weighted by Gasteiger charge is -2.15. The van der Waals surface area contributed by atoms with E-state index in [0.717, 1.165) is 6.42 Å². The number of carbonyl (C=O) groups is 1. The smallest absolute Gasteiger partial charge is 0.250 e. The van der Waals surface area contributed by atoms with Crippen LogP contribution in [0.1, 0.15) is 33.6 Å². The Balaban J connectivity index is 2.69. The van der Waals surface area contributed by atoms with Crippen LogP contribution >= 0.6 is 0 Å². The largest absolute Gasteiger partial charge is 0.327 e. The van der Waals surface area contributed by atoms with Gasteiger partial charge in [0.25, 0.3) is 5.56 Å². The van der Waals surface area contributed by atoms with E-state index in [4.69, 9.17) is 5.73 Å². The first-order valence-electron chi connectivity index (χ1n) is 6.70. The highest BCUT2D eigenvalue weighted by molar-refractivity contribution is 5.90. The molecule has 106 valence electrons. The summed E-state index contributed by atoms with van der Waals surface area (Å²) < 4.78 is 1.60. The summed E-state index contributed by atoms with van der Waals surface area (Å²) in [5.74, 6) is 0.141. The number of hydrogen-bond acceptors (Lipinski definition) is 3. The van der Waals surface area contributed by atoms with Gasteiger partial charge in [-0.15, -0.1) is 0 Å². The zero-order chi connectivity index (χ0) is 14.4. The van der Waals surface area contributed by atoms with E-state index < -0.39 is 0 Å². The van der Waals surface area contributed by atoms with E-state index in [1.807, 2.05) is 20.8 Å². The molecular formula is C14H23N3O2. The fraction of sp³-hybridized carbons (Fsp3) is 0.571. The Kier molecular flexibility index (Phi) is 5.76. The number of nitrogens with zero attached hydrogens (tertiary/aromatic N) is 1. The van der Waals surface area contributed by atoms with Gasteiger partial charge in [0, 0.05) is 31.3 Å². The topological polar surface area (TPSA) is 77.1 Å². The van der Waals surface area contributed by atoms with Crippen LogP contribution in [0.2, 0.25) is 0 Å². The molecule has 0 aliphatic heterocycles. The van der Waals surface area contributed by atoms with E-state index in [9.17, 15) is 9.59 Å². The summed E-state index contributed by atoms with van der Waals surface area (Å²) in [4.78, 5) is 23.3. The lowest BCUT2D eigenvalue weighted by Crippen LogP contribution is -2.31. The van der Waals surface area contributed by atoms with Crippen molar-refractivity contribution in [2.75, 3.05) is 5.32 Å². The lowest BCUT2D eigenvalue weighted by atomic mass is 10.0. The second kappa shape index (κ2) is 7.09. The number of nitrogens with one attached hydrogen (secondary N) is 1. The first-order chi connectivity index (χ1) is 8.93. The van der Waals surface area contributed by atoms with Gasteiger partial charge in [0.15, 0.2) is 0 Å². The molecule has 1 amide bonds. The van der Waals surface area contributed by atoms with Gasteiger partial charge in [0.1, 0.15) is 0 Å². The number of aryl methyl sites for hydroxylation is 1. The molecule has 19 heavy (non-hydrogen) atoms. The molecule has 0 aromatic carbocycles. The fourth-order valence-electron chi connectivity index (χ4n) is 1.68. The van der Waals surface area contributed by atoms with Crippen LogP contribution in [0.25, 0.3) is 0 Å². The van der Waals surface area contributed by atoms with Gasteiger partial charge in [-0.3, -0.25) is 9.59 Å². The van der Waals surface area contributed by atoms with Crippen molar-refractivity contribution >= 4 is 11.6 Å². The highest BCUT2D eigenvalue weighted by Gasteiger charge is 2.13. The molecule has 3 N–H and O–H groups in total. The third kappa shape index (κ3) is 4.87. The standard InChI is InChI=1S/C14H23N3O2/c1-4-7-17-9-11(5-6-14(17)19)16-13(18)8-12(15)10(2)3/h5-6,9-10,12H,4,7-8,15H2,1-3H3,(H,16,18). The summed E-state index contributed by atoms with van der Waals surface area (Å²) in [5, 5.41) is 2.78. The molecule has 1 aromatic rings. The second-order valence-electron chi connectivity index (χ2n) is 5.11. The molecule has 0 saturated carbocycles. The first-order valence-corrected chi connectivity index (χ1v) is 6.70. The molecule has 5 nitrogen and oxygen atoms in total. The van der Waals surface area contributed by atoms with Crippen molar-refractivity contribution in [1.82, 2.24) is 4.57 Å². The summed E-state index contributed by atoms with van der Waals surface area (Å²) in [5.41, 5.74) is 6.43. The Bertz CT molecular complexity index is 480. The molecule has 0 radical (unpaired) electrons. The molecule has 0 saturated heterocycles. The van der Waals surface area contributed by atoms with Crippen molar-refractivity contribution in [3.63, 3.8) is 0 Å². The SMILES string of the molecule is CCCn1cc(NC(=O)CC(N)C(C)C)ccc1=O. The van der Waals surface area contributed by atoms with Crippen LogP contribution in [0.5, 0.6) is 0 Å². The number of aromatic nitrogens is 1. The molecule has 5 heteroatoms. The van der Waals surface area contributed by atoms with Crippen LogP contribution in [-0.4, -0.2) is 16.5 Å². The third-order valence-corrected chi connectivity index (χ3v) is 3.01. The van der Waals surface area contributed by atoms with Crippen LogP contribution in [0.3, 0.4) is 0 Å². The van der Waals surface area contributed by atoms with Crippen LogP contribution in [0.4, 0.5) is 5.69 Å². The molecule has 1 heterocycles. The molecule has 0 bridgehead atoms. The van der Waals surface area contributed by atoms with E-state index in [-0.39, 0.29) is 29.8 Å². The van der Waals surface area contributed by atoms with E-state index in [1.165, 1.54) is 6.07 Å². The maximum atomic E-state index is 11.8. The minimum atomic E-state index is -0.151. The van der Waals surface area contributed by atoms with E-state index in [2.05, 4.69) is 5.32 Å². The van der Waals surface area contributed by atoms with Crippen LogP contribution < -0.4 is 16.6 Å². The van der Waals surface area contributed by atoms with Crippen LogP contribution in [0.15, 0.2) is 23.1 Å². The lowest BCUT2D eigenvalue weighted by molar-refractivity contribution is -0.116. The van der Waals surface area contributed by atoms with Gasteiger partial charge in [-0.05, 0) is 18.4 Å². The predicted molar refractivity (Wildman–Crippen MR) is 77.1 cm³/mol. The summed E-state index contributed by atoms with van der Waals surface area (Å²) in [6.45, 7) is 6.62. The Morgan fingerprint density at radius 1 is 1.42 bits per heavy atom. The van der Waals surface area contributed by atoms with Gasteiger partial charge in [-0.1, -0.05) is 20.8 Å². The van der Waals surface area contributed by atoms with E-state index in [1.54, 1.807) is 16.8 Å². The molecule has 0 fully saturated rings. The zero-order valence-electron chi connectivity index (χ0n) is 11.8. The highest BCUT2D eigenvalue weighted by Crippen LogP contribution is 2.08. The molecule has 0 aliphatic rings. The van der Waals surface area contributed by atoms with Crippen LogP contribution in [0, 0.1) is 5.92 Å². The molecule has 1 aromatic heterocycles. The van der Waals surface area contributed by atoms with Crippen molar-refractivity contribution in [2.24, 2.45) is 11.7 Å². The quantitative estimate of drug-likeness (QED) is 0.819. The number of carbonyl (C=O) groups excluding carboxylic acids is 1. The molecular weight excluding hydrogens is 242 g/mol. The van der Waals surface area contributed by atoms with Crippen molar-refractivity contribution < 1.29 is 4.79 Å². The average Bonchev–Trinajstić information content (AvgIpc) is 2.33. The molecule has 1 unspecified atom stereocenters. The summed E-state index contributed by atoms with van der Waals surface area (Å²) >= 11 is 0. The zero-order valence-corrected chi connectivity index (χ0v) is 11.8. The number of hydrogen-bond donors (Lipinski definition) is 2. The van der Waals surface area contributed by atoms with Gasteiger partial charge >= 0.3 is 0 Å². The van der Waals surface area contributed by atoms with Crippen molar-refractivity contribution in [2.45, 2.75) is 46.2 Å². The maximum Gasteiger partial charge on any atom is 0.250 e. The van der Waals surface area contributed by atoms with E-state index in [0.29, 0.717) is 12.2 Å². The Labute approximate surface area is 113 Å². The van der Waals surface area contributed by atoms with Gasteiger partial charge in [-0.25, -0.2) is 0 Å². The fourth-order valence-corrected chi connectivity index (χ4v) is 1.68. The molecule has 1 rings (SSSR count). The third-order valence-electron chi connectivity index (χ3n) is 3.01. The summed E-state index contributed by atoms with van der Waals surface area (Å²) in [6.07, 6.45) is 2.82. The Morgan fingerprint density at radius 3 is 2.68 bits per heavy atom. The van der Waals surface area contributed by atoms with Gasteiger partial charge in [0.05, 0.1) is 5.69 Å². The summed E-state index contributed by atoms with van der Waals surface area (Å²) in [6, 6.07) is 2.93. The minimum absolute atomic E-state index is 0.0567. The van der Waals surface area contributed by atoms with Crippen molar-refractivity contribution in [3.05, 3.63) is 28.7 Å². The number of amides is 1. The number of nitrogens with two attached hydrogens (primary N) is 1. The monoisotopic (exact) mass is 265 g/mol. The van der Waals surface area contributed by atoms with Gasteiger partial charge < -0.3 is 15.6 Å². The van der Waals surface area contributed by atoms with Crippen molar-refractivity contribution in [1.29, 1.82) is 0 Å². The van der Waals surface area contributed by atoms with Gasteiger partial charge in [-0.2, -0.15) is 0 Å². The second-order valence-corrected chi connectivity index (χ2v) is 5.11. The highest BCUT2D eigenvalue weighted by atomic mass is 16.1. The average molecular weight is 265 g/mol. The molecule has 0 aliphatic carbocycles. The molecule has 1 atom stereocenters. The number of pyridine rings is 1. The van der Waals surface area contributed by atoms with Crippen molar-refractivity contribution in [3.8, 4) is 0 Å². The van der Waals surface area contributed by atoms with Crippen LogP contribution in [-0.2, 0) is 11.3 Å². The van der Waals surface area contributed by atoms with Gasteiger partial charge in [0.2, 0.25) is 5.91 Å². The first kappa shape index (κ1) is 15.4. The number of rotatable bonds is 6. The predicted octanol–water partition coefficient (Wildman–Crippen LogP) is 1.57.